The molecular weight excluding hydrogens is 253 g/mol. The van der Waals surface area contributed by atoms with Gasteiger partial charge in [0.2, 0.25) is 0 Å². The van der Waals surface area contributed by atoms with Crippen molar-refractivity contribution in [2.45, 2.75) is 51.7 Å². The monoisotopic (exact) mass is 278 g/mol. The fourth-order valence-electron chi connectivity index (χ4n) is 3.49. The molecule has 1 N–H and O–H groups in total. The number of hydrogen-bond acceptors (Lipinski definition) is 2. The molecule has 0 bridgehead atoms. The third-order valence-corrected chi connectivity index (χ3v) is 4.68. The summed E-state index contributed by atoms with van der Waals surface area (Å²) in [6, 6.07) is 0.532. The highest BCUT2D eigenvalue weighted by atomic mass is 19.4. The smallest absolute Gasteiger partial charge is 0.313 e. The first-order valence-electron chi connectivity index (χ1n) is 7.29. The van der Waals surface area contributed by atoms with Crippen LogP contribution in [0.1, 0.15) is 39.5 Å². The molecule has 0 radical (unpaired) electrons. The van der Waals surface area contributed by atoms with E-state index >= 15 is 0 Å². The minimum absolute atomic E-state index is 0.338. The Kier molecular flexibility index (Phi) is 4.45. The summed E-state index contributed by atoms with van der Waals surface area (Å²) in [6.45, 7) is 5.84. The van der Waals surface area contributed by atoms with Crippen molar-refractivity contribution in [2.75, 3.05) is 26.2 Å². The molecule has 2 nitrogen and oxygen atoms in total. The number of nitrogens with one attached hydrogen (secondary N) is 1. The minimum atomic E-state index is -4.06. The van der Waals surface area contributed by atoms with Gasteiger partial charge in [-0.1, -0.05) is 20.3 Å². The molecule has 1 saturated heterocycles. The van der Waals surface area contributed by atoms with Crippen molar-refractivity contribution < 1.29 is 13.2 Å². The Hall–Kier alpha value is -0.290. The number of nitrogens with zero attached hydrogens (tertiary/aromatic N) is 1. The quantitative estimate of drug-likeness (QED) is 0.850. The Bertz CT molecular complexity index is 302. The number of halogens is 3. The molecule has 2 atom stereocenters. The van der Waals surface area contributed by atoms with Crippen molar-refractivity contribution in [2.24, 2.45) is 11.3 Å². The lowest BCUT2D eigenvalue weighted by Crippen LogP contribution is -2.41. The van der Waals surface area contributed by atoms with E-state index in [4.69, 9.17) is 0 Å². The largest absolute Gasteiger partial charge is 0.401 e. The van der Waals surface area contributed by atoms with Crippen LogP contribution in [0.5, 0.6) is 0 Å². The second-order valence-electron chi connectivity index (χ2n) is 6.85. The SMILES string of the molecule is CC1(C)CCCC1NCC1CCN(CC(F)(F)F)C1. The molecule has 1 saturated carbocycles. The second-order valence-corrected chi connectivity index (χ2v) is 6.85. The highest BCUT2D eigenvalue weighted by molar-refractivity contribution is 4.91. The van der Waals surface area contributed by atoms with Crippen molar-refractivity contribution in [3.05, 3.63) is 0 Å². The average Bonchev–Trinajstić information content (AvgIpc) is 2.80. The summed E-state index contributed by atoms with van der Waals surface area (Å²) in [6.07, 6.45) is 0.531. The van der Waals surface area contributed by atoms with Crippen LogP contribution in [0, 0.1) is 11.3 Å². The van der Waals surface area contributed by atoms with Crippen LogP contribution < -0.4 is 5.32 Å². The lowest BCUT2D eigenvalue weighted by Gasteiger charge is -2.29. The summed E-state index contributed by atoms with van der Waals surface area (Å²) in [5.41, 5.74) is 0.338. The van der Waals surface area contributed by atoms with E-state index in [1.165, 1.54) is 24.2 Å². The molecular formula is C14H25F3N2. The summed E-state index contributed by atoms with van der Waals surface area (Å²) in [4.78, 5) is 1.53. The first kappa shape index (κ1) is 15.1. The minimum Gasteiger partial charge on any atom is -0.313 e. The molecule has 112 valence electrons. The van der Waals surface area contributed by atoms with Crippen molar-refractivity contribution in [3.63, 3.8) is 0 Å². The first-order chi connectivity index (χ1) is 8.76. The number of hydrogen-bond donors (Lipinski definition) is 1. The van der Waals surface area contributed by atoms with E-state index in [2.05, 4.69) is 19.2 Å². The van der Waals surface area contributed by atoms with Gasteiger partial charge in [-0.2, -0.15) is 13.2 Å². The molecule has 1 aliphatic carbocycles. The highest BCUT2D eigenvalue weighted by Gasteiger charge is 2.36. The van der Waals surface area contributed by atoms with Gasteiger partial charge in [0.25, 0.3) is 0 Å². The van der Waals surface area contributed by atoms with E-state index < -0.39 is 12.7 Å². The standard InChI is InChI=1S/C14H25F3N2/c1-13(2)6-3-4-12(13)18-8-11-5-7-19(9-11)10-14(15,16)17/h11-12,18H,3-10H2,1-2H3. The topological polar surface area (TPSA) is 15.3 Å². The van der Waals surface area contributed by atoms with E-state index in [1.54, 1.807) is 0 Å². The molecule has 0 amide bonds. The van der Waals surface area contributed by atoms with Gasteiger partial charge in [-0.05, 0) is 43.7 Å². The van der Waals surface area contributed by atoms with Crippen molar-refractivity contribution in [1.82, 2.24) is 10.2 Å². The molecule has 2 rings (SSSR count). The van der Waals surface area contributed by atoms with E-state index in [1.807, 2.05) is 0 Å². The molecule has 5 heteroatoms. The lowest BCUT2D eigenvalue weighted by molar-refractivity contribution is -0.143. The Labute approximate surface area is 113 Å². The van der Waals surface area contributed by atoms with Crippen molar-refractivity contribution >= 4 is 0 Å². The molecule has 19 heavy (non-hydrogen) atoms. The summed E-state index contributed by atoms with van der Waals surface area (Å²) in [5.74, 6) is 0.374. The number of likely N-dealkylation sites (tertiary alicyclic amines) is 1. The first-order valence-corrected chi connectivity index (χ1v) is 7.29. The Morgan fingerprint density at radius 1 is 1.26 bits per heavy atom. The Morgan fingerprint density at radius 2 is 2.00 bits per heavy atom. The average molecular weight is 278 g/mol. The van der Waals surface area contributed by atoms with Crippen LogP contribution in [0.15, 0.2) is 0 Å². The van der Waals surface area contributed by atoms with Crippen molar-refractivity contribution in [1.29, 1.82) is 0 Å². The fourth-order valence-corrected chi connectivity index (χ4v) is 3.49. The van der Waals surface area contributed by atoms with E-state index in [0.717, 1.165) is 13.0 Å². The summed E-state index contributed by atoms with van der Waals surface area (Å²) < 4.78 is 36.9. The maximum atomic E-state index is 12.3. The van der Waals surface area contributed by atoms with Crippen LogP contribution >= 0.6 is 0 Å². The van der Waals surface area contributed by atoms with Crippen LogP contribution in [0.25, 0.3) is 0 Å². The fraction of sp³-hybridized carbons (Fsp3) is 1.00. The van der Waals surface area contributed by atoms with Gasteiger partial charge in [0.1, 0.15) is 0 Å². The van der Waals surface area contributed by atoms with Gasteiger partial charge in [-0.15, -0.1) is 0 Å². The number of alkyl halides is 3. The van der Waals surface area contributed by atoms with E-state index in [-0.39, 0.29) is 0 Å². The van der Waals surface area contributed by atoms with Gasteiger partial charge in [-0.25, -0.2) is 0 Å². The maximum Gasteiger partial charge on any atom is 0.401 e. The molecule has 2 unspecified atom stereocenters. The molecule has 1 heterocycles. The molecule has 0 aromatic carbocycles. The third-order valence-electron chi connectivity index (χ3n) is 4.68. The van der Waals surface area contributed by atoms with Gasteiger partial charge in [-0.3, -0.25) is 4.90 Å². The van der Waals surface area contributed by atoms with Crippen molar-refractivity contribution in [3.8, 4) is 0 Å². The zero-order valence-electron chi connectivity index (χ0n) is 11.9. The van der Waals surface area contributed by atoms with Gasteiger partial charge >= 0.3 is 6.18 Å². The highest BCUT2D eigenvalue weighted by Crippen LogP contribution is 2.37. The summed E-state index contributed by atoms with van der Waals surface area (Å²) >= 11 is 0. The summed E-state index contributed by atoms with van der Waals surface area (Å²) in [5, 5.41) is 3.59. The molecule has 2 fully saturated rings. The second kappa shape index (κ2) is 5.60. The van der Waals surface area contributed by atoms with Crippen LogP contribution in [0.2, 0.25) is 0 Å². The van der Waals surface area contributed by atoms with Crippen LogP contribution in [0.4, 0.5) is 13.2 Å². The zero-order chi connectivity index (χ0) is 14.1. The Balaban J connectivity index is 1.71. The maximum absolute atomic E-state index is 12.3. The lowest BCUT2D eigenvalue weighted by atomic mass is 9.87. The molecule has 0 aromatic rings. The van der Waals surface area contributed by atoms with E-state index in [9.17, 15) is 13.2 Å². The molecule has 0 aromatic heterocycles. The molecule has 0 spiro atoms. The Morgan fingerprint density at radius 3 is 2.58 bits per heavy atom. The van der Waals surface area contributed by atoms with Gasteiger partial charge < -0.3 is 5.32 Å². The van der Waals surface area contributed by atoms with Gasteiger partial charge in [0.15, 0.2) is 0 Å². The van der Waals surface area contributed by atoms with Gasteiger partial charge in [0, 0.05) is 12.6 Å². The number of rotatable bonds is 4. The van der Waals surface area contributed by atoms with Gasteiger partial charge in [0.05, 0.1) is 6.54 Å². The predicted molar refractivity (Wildman–Crippen MR) is 70.0 cm³/mol. The van der Waals surface area contributed by atoms with E-state index in [0.29, 0.717) is 30.5 Å². The normalized spacial score (nSPS) is 32.1. The zero-order valence-corrected chi connectivity index (χ0v) is 11.9. The van der Waals surface area contributed by atoms with Crippen LogP contribution in [-0.2, 0) is 0 Å². The predicted octanol–water partition coefficient (Wildman–Crippen LogP) is 3.04. The van der Waals surface area contributed by atoms with Crippen LogP contribution in [0.3, 0.4) is 0 Å². The molecule has 2 aliphatic rings. The molecule has 1 aliphatic heterocycles. The summed E-state index contributed by atoms with van der Waals surface area (Å²) in [7, 11) is 0. The third kappa shape index (κ3) is 4.35. The van der Waals surface area contributed by atoms with Crippen LogP contribution in [-0.4, -0.2) is 43.3 Å².